The Hall–Kier alpha value is -1.46. The minimum absolute atomic E-state index is 0.177. The molecule has 1 aliphatic rings. The molecular formula is C20H32FN3O. The zero-order valence-electron chi connectivity index (χ0n) is 16.0. The first-order valence-corrected chi connectivity index (χ1v) is 9.29. The van der Waals surface area contributed by atoms with Gasteiger partial charge in [-0.15, -0.1) is 0 Å². The molecule has 2 unspecified atom stereocenters. The molecule has 0 saturated carbocycles. The van der Waals surface area contributed by atoms with E-state index in [0.29, 0.717) is 24.9 Å². The van der Waals surface area contributed by atoms with Gasteiger partial charge in [0.05, 0.1) is 0 Å². The van der Waals surface area contributed by atoms with Crippen molar-refractivity contribution < 1.29 is 9.18 Å². The lowest BCUT2D eigenvalue weighted by Crippen LogP contribution is -2.58. The van der Waals surface area contributed by atoms with Crippen LogP contribution in [0.2, 0.25) is 0 Å². The van der Waals surface area contributed by atoms with Crippen molar-refractivity contribution in [3.05, 3.63) is 35.6 Å². The second-order valence-electron chi connectivity index (χ2n) is 7.52. The first kappa shape index (κ1) is 19.9. The summed E-state index contributed by atoms with van der Waals surface area (Å²) in [6.45, 7) is 8.15. The lowest BCUT2D eigenvalue weighted by atomic mass is 10.1. The number of aryl methyl sites for hydroxylation is 1. The summed E-state index contributed by atoms with van der Waals surface area (Å²) in [6.07, 6.45) is 2.20. The quantitative estimate of drug-likeness (QED) is 0.757. The van der Waals surface area contributed by atoms with Crippen LogP contribution in [0.4, 0.5) is 4.39 Å². The van der Waals surface area contributed by atoms with Crippen LogP contribution < -0.4 is 0 Å². The van der Waals surface area contributed by atoms with Gasteiger partial charge in [0.15, 0.2) is 0 Å². The van der Waals surface area contributed by atoms with Gasteiger partial charge in [0.25, 0.3) is 0 Å². The van der Waals surface area contributed by atoms with Gasteiger partial charge in [0.1, 0.15) is 5.82 Å². The standard InChI is InChI=1S/C20H32FN3O/c1-16-14-23(15-17(2)24(16)12-6-11-22(3)4)20(25)10-9-18-7-5-8-19(21)13-18/h5,7-8,13,16-17H,6,9-12,14-15H2,1-4H3. The van der Waals surface area contributed by atoms with E-state index in [1.54, 1.807) is 6.07 Å². The molecule has 1 aliphatic heterocycles. The Kier molecular flexibility index (Phi) is 7.38. The van der Waals surface area contributed by atoms with E-state index in [0.717, 1.165) is 38.2 Å². The average molecular weight is 349 g/mol. The van der Waals surface area contributed by atoms with Crippen LogP contribution in [-0.2, 0) is 11.2 Å². The van der Waals surface area contributed by atoms with E-state index in [-0.39, 0.29) is 11.7 Å². The maximum Gasteiger partial charge on any atom is 0.223 e. The summed E-state index contributed by atoms with van der Waals surface area (Å²) in [4.78, 5) is 19.3. The van der Waals surface area contributed by atoms with Crippen LogP contribution in [0.15, 0.2) is 24.3 Å². The van der Waals surface area contributed by atoms with Crippen LogP contribution in [0.3, 0.4) is 0 Å². The number of carbonyl (C=O) groups is 1. The summed E-state index contributed by atoms with van der Waals surface area (Å²) in [5, 5.41) is 0. The molecule has 1 heterocycles. The number of carbonyl (C=O) groups excluding carboxylic acids is 1. The predicted octanol–water partition coefficient (Wildman–Crippen LogP) is 2.63. The van der Waals surface area contributed by atoms with Gasteiger partial charge in [-0.1, -0.05) is 12.1 Å². The number of benzene rings is 1. The molecule has 5 heteroatoms. The van der Waals surface area contributed by atoms with Gasteiger partial charge in [-0.2, -0.15) is 0 Å². The molecular weight excluding hydrogens is 317 g/mol. The topological polar surface area (TPSA) is 26.8 Å². The zero-order chi connectivity index (χ0) is 18.4. The third kappa shape index (κ3) is 6.08. The molecule has 0 radical (unpaired) electrons. The number of hydrogen-bond acceptors (Lipinski definition) is 3. The van der Waals surface area contributed by atoms with Crippen molar-refractivity contribution in [2.45, 2.75) is 45.2 Å². The summed E-state index contributed by atoms with van der Waals surface area (Å²) in [5.41, 5.74) is 0.886. The van der Waals surface area contributed by atoms with Crippen molar-refractivity contribution in [1.29, 1.82) is 0 Å². The number of hydrogen-bond donors (Lipinski definition) is 0. The zero-order valence-corrected chi connectivity index (χ0v) is 16.0. The van der Waals surface area contributed by atoms with Gasteiger partial charge in [0.2, 0.25) is 5.91 Å². The highest BCUT2D eigenvalue weighted by Crippen LogP contribution is 2.18. The molecule has 0 aromatic heterocycles. The van der Waals surface area contributed by atoms with Gasteiger partial charge in [-0.3, -0.25) is 9.69 Å². The molecule has 1 aromatic rings. The second-order valence-corrected chi connectivity index (χ2v) is 7.52. The van der Waals surface area contributed by atoms with E-state index in [1.807, 2.05) is 11.0 Å². The van der Waals surface area contributed by atoms with Crippen molar-refractivity contribution in [3.63, 3.8) is 0 Å². The fourth-order valence-electron chi connectivity index (χ4n) is 3.67. The second kappa shape index (κ2) is 9.30. The predicted molar refractivity (Wildman–Crippen MR) is 100 cm³/mol. The molecule has 0 aliphatic carbocycles. The van der Waals surface area contributed by atoms with E-state index >= 15 is 0 Å². The van der Waals surface area contributed by atoms with Crippen LogP contribution in [0.25, 0.3) is 0 Å². The highest BCUT2D eigenvalue weighted by molar-refractivity contribution is 5.76. The highest BCUT2D eigenvalue weighted by atomic mass is 19.1. The molecule has 25 heavy (non-hydrogen) atoms. The summed E-state index contributed by atoms with van der Waals surface area (Å²) in [6, 6.07) is 7.29. The summed E-state index contributed by atoms with van der Waals surface area (Å²) in [7, 11) is 4.20. The largest absolute Gasteiger partial charge is 0.340 e. The van der Waals surface area contributed by atoms with Crippen molar-refractivity contribution >= 4 is 5.91 Å². The van der Waals surface area contributed by atoms with Gasteiger partial charge < -0.3 is 9.80 Å². The molecule has 1 fully saturated rings. The Bertz CT molecular complexity index is 552. The minimum Gasteiger partial charge on any atom is -0.340 e. The van der Waals surface area contributed by atoms with Crippen LogP contribution in [0, 0.1) is 5.82 Å². The van der Waals surface area contributed by atoms with Crippen LogP contribution in [0.1, 0.15) is 32.3 Å². The Balaban J connectivity index is 1.82. The molecule has 2 atom stereocenters. The Morgan fingerprint density at radius 1 is 1.24 bits per heavy atom. The van der Waals surface area contributed by atoms with Crippen molar-refractivity contribution in [2.75, 3.05) is 40.3 Å². The normalized spacial score (nSPS) is 21.8. The number of nitrogens with zero attached hydrogens (tertiary/aromatic N) is 3. The monoisotopic (exact) mass is 349 g/mol. The highest BCUT2D eigenvalue weighted by Gasteiger charge is 2.31. The van der Waals surface area contributed by atoms with Crippen molar-refractivity contribution in [2.24, 2.45) is 0 Å². The first-order chi connectivity index (χ1) is 11.9. The van der Waals surface area contributed by atoms with Crippen LogP contribution in [0.5, 0.6) is 0 Å². The molecule has 0 spiro atoms. The lowest BCUT2D eigenvalue weighted by molar-refractivity contribution is -0.135. The van der Waals surface area contributed by atoms with E-state index in [2.05, 4.69) is 37.7 Å². The van der Waals surface area contributed by atoms with Crippen LogP contribution >= 0.6 is 0 Å². The average Bonchev–Trinajstić information content (AvgIpc) is 2.54. The van der Waals surface area contributed by atoms with Crippen molar-refractivity contribution in [1.82, 2.24) is 14.7 Å². The van der Waals surface area contributed by atoms with Gasteiger partial charge >= 0.3 is 0 Å². The maximum absolute atomic E-state index is 13.2. The van der Waals surface area contributed by atoms with E-state index in [4.69, 9.17) is 0 Å². The summed E-state index contributed by atoms with van der Waals surface area (Å²) in [5.74, 6) is -0.0607. The minimum atomic E-state index is -0.237. The van der Waals surface area contributed by atoms with E-state index in [9.17, 15) is 9.18 Å². The smallest absolute Gasteiger partial charge is 0.223 e. The molecule has 1 saturated heterocycles. The number of rotatable bonds is 7. The maximum atomic E-state index is 13.2. The fourth-order valence-corrected chi connectivity index (χ4v) is 3.67. The van der Waals surface area contributed by atoms with E-state index < -0.39 is 0 Å². The number of amides is 1. The molecule has 0 N–H and O–H groups in total. The SMILES string of the molecule is CC1CN(C(=O)CCc2cccc(F)c2)CC(C)N1CCCN(C)C. The Labute approximate surface area is 151 Å². The Morgan fingerprint density at radius 3 is 2.52 bits per heavy atom. The number of halogens is 1. The summed E-state index contributed by atoms with van der Waals surface area (Å²) < 4.78 is 13.2. The van der Waals surface area contributed by atoms with Crippen molar-refractivity contribution in [3.8, 4) is 0 Å². The third-order valence-corrected chi connectivity index (χ3v) is 4.99. The molecule has 0 bridgehead atoms. The van der Waals surface area contributed by atoms with Gasteiger partial charge in [0, 0.05) is 38.1 Å². The number of piperazine rings is 1. The molecule has 4 nitrogen and oxygen atoms in total. The Morgan fingerprint density at radius 2 is 1.92 bits per heavy atom. The molecule has 2 rings (SSSR count). The lowest BCUT2D eigenvalue weighted by Gasteiger charge is -2.44. The third-order valence-electron chi connectivity index (χ3n) is 4.99. The van der Waals surface area contributed by atoms with Gasteiger partial charge in [-0.05, 0) is 65.0 Å². The van der Waals surface area contributed by atoms with Gasteiger partial charge in [-0.25, -0.2) is 4.39 Å². The van der Waals surface area contributed by atoms with Crippen LogP contribution in [-0.4, -0.2) is 73.0 Å². The van der Waals surface area contributed by atoms with E-state index in [1.165, 1.54) is 12.1 Å². The molecule has 1 amide bonds. The molecule has 1 aromatic carbocycles. The fraction of sp³-hybridized carbons (Fsp3) is 0.650. The molecule has 140 valence electrons. The first-order valence-electron chi connectivity index (χ1n) is 9.29. The summed E-state index contributed by atoms with van der Waals surface area (Å²) >= 11 is 0.